The summed E-state index contributed by atoms with van der Waals surface area (Å²) in [7, 11) is 0. The van der Waals surface area contributed by atoms with Crippen molar-refractivity contribution in [3.8, 4) is 0 Å². The van der Waals surface area contributed by atoms with E-state index in [-0.39, 0.29) is 24.1 Å². The van der Waals surface area contributed by atoms with Crippen molar-refractivity contribution in [2.75, 3.05) is 11.9 Å². The second kappa shape index (κ2) is 9.73. The summed E-state index contributed by atoms with van der Waals surface area (Å²) in [5, 5.41) is 2.45. The zero-order valence-electron chi connectivity index (χ0n) is 16.0. The van der Waals surface area contributed by atoms with Crippen LogP contribution < -0.4 is 5.32 Å². The minimum Gasteiger partial charge on any atom is -0.338 e. The molecule has 2 aromatic carbocycles. The Morgan fingerprint density at radius 2 is 1.89 bits per heavy atom. The number of hydrogen-bond acceptors (Lipinski definition) is 3. The number of para-hydroxylation sites is 1. The molecule has 1 aliphatic rings. The summed E-state index contributed by atoms with van der Waals surface area (Å²) in [6, 6.07) is 13.8. The third kappa shape index (κ3) is 5.35. The molecule has 0 aromatic heterocycles. The predicted molar refractivity (Wildman–Crippen MR) is 111 cm³/mol. The monoisotopic (exact) mass is 400 g/mol. The van der Waals surface area contributed by atoms with Crippen molar-refractivity contribution in [2.45, 2.75) is 49.3 Å². The van der Waals surface area contributed by atoms with Gasteiger partial charge in [0.05, 0.1) is 10.9 Å². The highest BCUT2D eigenvalue weighted by Crippen LogP contribution is 2.36. The van der Waals surface area contributed by atoms with Crippen molar-refractivity contribution in [3.63, 3.8) is 0 Å². The van der Waals surface area contributed by atoms with E-state index in [9.17, 15) is 14.0 Å². The van der Waals surface area contributed by atoms with Crippen molar-refractivity contribution < 1.29 is 14.0 Å². The van der Waals surface area contributed by atoms with E-state index in [0.29, 0.717) is 13.1 Å². The molecule has 1 N–H and O–H groups in total. The quantitative estimate of drug-likeness (QED) is 0.645. The minimum absolute atomic E-state index is 0.0486. The Morgan fingerprint density at radius 1 is 1.14 bits per heavy atom. The van der Waals surface area contributed by atoms with Gasteiger partial charge in [0.1, 0.15) is 5.82 Å². The molecule has 0 saturated heterocycles. The molecule has 4 nitrogen and oxygen atoms in total. The lowest BCUT2D eigenvalue weighted by Gasteiger charge is -2.27. The minimum atomic E-state index is -0.440. The van der Waals surface area contributed by atoms with E-state index >= 15 is 0 Å². The highest BCUT2D eigenvalue weighted by molar-refractivity contribution is 8.01. The molecular formula is C22H25FN2O2S. The number of amides is 2. The van der Waals surface area contributed by atoms with Crippen LogP contribution in [0.15, 0.2) is 53.4 Å². The van der Waals surface area contributed by atoms with Gasteiger partial charge < -0.3 is 10.2 Å². The number of rotatable bonds is 8. The summed E-state index contributed by atoms with van der Waals surface area (Å²) in [6.45, 7) is 3.19. The maximum absolute atomic E-state index is 13.2. The summed E-state index contributed by atoms with van der Waals surface area (Å²) in [5.74, 6) is -0.471. The molecule has 0 bridgehead atoms. The lowest BCUT2D eigenvalue weighted by atomic mass is 10.1. The van der Waals surface area contributed by atoms with Crippen LogP contribution >= 0.6 is 11.8 Å². The average Bonchev–Trinajstić information content (AvgIpc) is 2.69. The van der Waals surface area contributed by atoms with Crippen molar-refractivity contribution >= 4 is 29.3 Å². The largest absolute Gasteiger partial charge is 0.338 e. The molecule has 28 heavy (non-hydrogen) atoms. The number of nitrogens with zero attached hydrogens (tertiary/aromatic N) is 1. The van der Waals surface area contributed by atoms with Gasteiger partial charge in [-0.2, -0.15) is 0 Å². The molecule has 3 rings (SSSR count). The van der Waals surface area contributed by atoms with Gasteiger partial charge in [-0.25, -0.2) is 4.39 Å². The van der Waals surface area contributed by atoms with Crippen LogP contribution in [0.4, 0.5) is 10.1 Å². The first kappa shape index (κ1) is 20.4. The summed E-state index contributed by atoms with van der Waals surface area (Å²) in [5.41, 5.74) is 1.68. The van der Waals surface area contributed by atoms with Gasteiger partial charge >= 0.3 is 0 Å². The Hall–Kier alpha value is -2.34. The van der Waals surface area contributed by atoms with Gasteiger partial charge in [0.25, 0.3) is 0 Å². The Labute approximate surface area is 169 Å². The number of carbonyl (C=O) groups excluding carboxylic acids is 2. The van der Waals surface area contributed by atoms with Gasteiger partial charge in [-0.05, 0) is 36.2 Å². The van der Waals surface area contributed by atoms with Gasteiger partial charge in [0.2, 0.25) is 11.8 Å². The van der Waals surface area contributed by atoms with E-state index in [1.165, 1.54) is 23.9 Å². The second-order valence-electron chi connectivity index (χ2n) is 6.94. The third-order valence-corrected chi connectivity index (χ3v) is 6.01. The SMILES string of the molecule is CCCCCN(Cc1ccc(F)cc1)C(=O)CC1Sc2ccccc2NC1=O. The summed E-state index contributed by atoms with van der Waals surface area (Å²) in [4.78, 5) is 28.2. The van der Waals surface area contributed by atoms with E-state index in [1.807, 2.05) is 24.3 Å². The number of thioether (sulfide) groups is 1. The third-order valence-electron chi connectivity index (χ3n) is 4.74. The average molecular weight is 401 g/mol. The van der Waals surface area contributed by atoms with Crippen LogP contribution in [0.3, 0.4) is 0 Å². The number of hydrogen-bond donors (Lipinski definition) is 1. The summed E-state index contributed by atoms with van der Waals surface area (Å²) >= 11 is 1.44. The van der Waals surface area contributed by atoms with Crippen LogP contribution in [0, 0.1) is 5.82 Å². The van der Waals surface area contributed by atoms with Gasteiger partial charge in [-0.3, -0.25) is 9.59 Å². The van der Waals surface area contributed by atoms with Gasteiger partial charge in [0, 0.05) is 24.4 Å². The second-order valence-corrected chi connectivity index (χ2v) is 8.19. The highest BCUT2D eigenvalue weighted by Gasteiger charge is 2.30. The lowest BCUT2D eigenvalue weighted by Crippen LogP contribution is -2.37. The fourth-order valence-electron chi connectivity index (χ4n) is 3.17. The fraction of sp³-hybridized carbons (Fsp3) is 0.364. The Bertz CT molecular complexity index is 826. The molecule has 0 saturated carbocycles. The Morgan fingerprint density at radius 3 is 2.64 bits per heavy atom. The maximum Gasteiger partial charge on any atom is 0.238 e. The van der Waals surface area contributed by atoms with Crippen molar-refractivity contribution in [1.82, 2.24) is 4.90 Å². The van der Waals surface area contributed by atoms with Crippen LogP contribution in [-0.4, -0.2) is 28.5 Å². The van der Waals surface area contributed by atoms with E-state index < -0.39 is 5.25 Å². The first-order valence-corrected chi connectivity index (χ1v) is 10.5. The topological polar surface area (TPSA) is 49.4 Å². The smallest absolute Gasteiger partial charge is 0.238 e. The number of anilines is 1. The molecule has 1 heterocycles. The van der Waals surface area contributed by atoms with E-state index in [1.54, 1.807) is 17.0 Å². The zero-order valence-corrected chi connectivity index (χ0v) is 16.8. The number of halogens is 1. The van der Waals surface area contributed by atoms with Crippen LogP contribution in [0.2, 0.25) is 0 Å². The van der Waals surface area contributed by atoms with Crippen LogP contribution in [-0.2, 0) is 16.1 Å². The Balaban J connectivity index is 1.68. The molecule has 0 radical (unpaired) electrons. The first-order chi connectivity index (χ1) is 13.6. The predicted octanol–water partition coefficient (Wildman–Crippen LogP) is 4.85. The first-order valence-electron chi connectivity index (χ1n) is 9.65. The molecule has 0 fully saturated rings. The molecule has 0 aliphatic carbocycles. The normalized spacial score (nSPS) is 15.6. The molecule has 2 aromatic rings. The van der Waals surface area contributed by atoms with E-state index in [2.05, 4.69) is 12.2 Å². The number of unbranched alkanes of at least 4 members (excludes halogenated alkanes) is 2. The zero-order chi connectivity index (χ0) is 19.9. The molecule has 1 atom stereocenters. The van der Waals surface area contributed by atoms with Crippen LogP contribution in [0.1, 0.15) is 38.2 Å². The maximum atomic E-state index is 13.2. The number of benzene rings is 2. The van der Waals surface area contributed by atoms with E-state index in [4.69, 9.17) is 0 Å². The number of nitrogens with one attached hydrogen (secondary N) is 1. The molecule has 0 spiro atoms. The fourth-order valence-corrected chi connectivity index (χ4v) is 4.27. The summed E-state index contributed by atoms with van der Waals surface area (Å²) in [6.07, 6.45) is 3.17. The molecule has 2 amide bonds. The van der Waals surface area contributed by atoms with Gasteiger partial charge in [-0.1, -0.05) is 44.0 Å². The molecule has 148 valence electrons. The van der Waals surface area contributed by atoms with Gasteiger partial charge in [-0.15, -0.1) is 11.8 Å². The highest BCUT2D eigenvalue weighted by atomic mass is 32.2. The van der Waals surface area contributed by atoms with E-state index in [0.717, 1.165) is 35.4 Å². The Kier molecular flexibility index (Phi) is 7.09. The molecule has 1 aliphatic heterocycles. The molecular weight excluding hydrogens is 375 g/mol. The number of carbonyl (C=O) groups is 2. The molecule has 6 heteroatoms. The van der Waals surface area contributed by atoms with Crippen molar-refractivity contribution in [3.05, 3.63) is 59.9 Å². The molecule has 1 unspecified atom stereocenters. The lowest BCUT2D eigenvalue weighted by molar-refractivity contribution is -0.133. The van der Waals surface area contributed by atoms with Crippen LogP contribution in [0.25, 0.3) is 0 Å². The van der Waals surface area contributed by atoms with Crippen molar-refractivity contribution in [2.24, 2.45) is 0 Å². The summed E-state index contributed by atoms with van der Waals surface area (Å²) < 4.78 is 13.2. The number of fused-ring (bicyclic) bond motifs is 1. The van der Waals surface area contributed by atoms with Crippen LogP contribution in [0.5, 0.6) is 0 Å². The van der Waals surface area contributed by atoms with Gasteiger partial charge in [0.15, 0.2) is 0 Å². The standard InChI is InChI=1S/C22H25FN2O2S/c1-2-3-6-13-25(15-16-9-11-17(23)12-10-16)21(26)14-20-22(27)24-18-7-4-5-8-19(18)28-20/h4-5,7-12,20H,2-3,6,13-15H2,1H3,(H,24,27). The van der Waals surface area contributed by atoms with Crippen molar-refractivity contribution in [1.29, 1.82) is 0 Å².